The van der Waals surface area contributed by atoms with E-state index in [-0.39, 0.29) is 5.91 Å². The van der Waals surface area contributed by atoms with Gasteiger partial charge in [-0.3, -0.25) is 9.69 Å². The van der Waals surface area contributed by atoms with Gasteiger partial charge < -0.3 is 10.6 Å². The maximum Gasteiger partial charge on any atom is 0.259 e. The van der Waals surface area contributed by atoms with Gasteiger partial charge in [0, 0.05) is 37.6 Å². The van der Waals surface area contributed by atoms with Crippen molar-refractivity contribution in [2.24, 2.45) is 11.7 Å². The van der Waals surface area contributed by atoms with E-state index >= 15 is 0 Å². The number of nitrogens with zero attached hydrogens (tertiary/aromatic N) is 5. The van der Waals surface area contributed by atoms with E-state index in [1.165, 1.54) is 0 Å². The van der Waals surface area contributed by atoms with E-state index in [0.717, 1.165) is 51.1 Å². The molecule has 2 aromatic heterocycles. The van der Waals surface area contributed by atoms with E-state index < -0.39 is 0 Å². The number of hydrogen-bond donors (Lipinski definition) is 1. The van der Waals surface area contributed by atoms with Crippen LogP contribution in [-0.4, -0.2) is 63.0 Å². The largest absolute Gasteiger partial charge is 0.338 e. The van der Waals surface area contributed by atoms with E-state index in [1.807, 2.05) is 17.3 Å². The summed E-state index contributed by atoms with van der Waals surface area (Å²) in [6.45, 7) is 9.35. The number of piperidine rings is 1. The Hall–Kier alpha value is -1.99. The Morgan fingerprint density at radius 3 is 2.64 bits per heavy atom. The first-order valence-electron chi connectivity index (χ1n) is 9.20. The van der Waals surface area contributed by atoms with Gasteiger partial charge in [-0.25, -0.2) is 9.50 Å². The molecular weight excluding hydrogens is 316 g/mol. The van der Waals surface area contributed by atoms with E-state index in [9.17, 15) is 4.79 Å². The fourth-order valence-corrected chi connectivity index (χ4v) is 3.39. The van der Waals surface area contributed by atoms with Crippen molar-refractivity contribution in [1.29, 1.82) is 0 Å². The van der Waals surface area contributed by atoms with Gasteiger partial charge in [0.1, 0.15) is 5.56 Å². The smallest absolute Gasteiger partial charge is 0.259 e. The Kier molecular flexibility index (Phi) is 5.65. The topological polar surface area (TPSA) is 79.8 Å². The second-order valence-electron chi connectivity index (χ2n) is 6.72. The lowest BCUT2D eigenvalue weighted by Gasteiger charge is -2.31. The summed E-state index contributed by atoms with van der Waals surface area (Å²) < 4.78 is 1.72. The molecule has 1 saturated heterocycles. The van der Waals surface area contributed by atoms with Crippen LogP contribution in [0, 0.1) is 5.92 Å². The molecule has 0 aliphatic carbocycles. The van der Waals surface area contributed by atoms with E-state index in [0.29, 0.717) is 23.7 Å². The van der Waals surface area contributed by atoms with Gasteiger partial charge >= 0.3 is 0 Å². The normalized spacial score (nSPS) is 16.1. The molecule has 25 heavy (non-hydrogen) atoms. The molecule has 0 atom stereocenters. The zero-order valence-electron chi connectivity index (χ0n) is 15.2. The molecule has 1 aliphatic rings. The lowest BCUT2D eigenvalue weighted by molar-refractivity contribution is 0.0695. The highest BCUT2D eigenvalue weighted by molar-refractivity contribution is 5.99. The number of likely N-dealkylation sites (tertiary alicyclic amines) is 1. The minimum absolute atomic E-state index is 0.0227. The van der Waals surface area contributed by atoms with Gasteiger partial charge in [-0.15, -0.1) is 0 Å². The molecule has 0 unspecified atom stereocenters. The van der Waals surface area contributed by atoms with Gasteiger partial charge in [-0.05, 0) is 38.4 Å². The van der Waals surface area contributed by atoms with Crippen LogP contribution in [-0.2, 0) is 6.54 Å². The average Bonchev–Trinajstić information content (AvgIpc) is 3.08. The molecule has 0 saturated carbocycles. The maximum atomic E-state index is 12.8. The van der Waals surface area contributed by atoms with Crippen molar-refractivity contribution < 1.29 is 4.79 Å². The molecule has 0 aromatic carbocycles. The van der Waals surface area contributed by atoms with E-state index in [1.54, 1.807) is 10.7 Å². The van der Waals surface area contributed by atoms with Crippen LogP contribution in [0.3, 0.4) is 0 Å². The van der Waals surface area contributed by atoms with Gasteiger partial charge in [-0.2, -0.15) is 5.10 Å². The Morgan fingerprint density at radius 2 is 2.00 bits per heavy atom. The second-order valence-corrected chi connectivity index (χ2v) is 6.72. The third-order valence-corrected chi connectivity index (χ3v) is 5.18. The molecule has 3 heterocycles. The third kappa shape index (κ3) is 3.82. The zero-order valence-corrected chi connectivity index (χ0v) is 15.2. The summed E-state index contributed by atoms with van der Waals surface area (Å²) in [7, 11) is 0. The third-order valence-electron chi connectivity index (χ3n) is 5.18. The molecule has 136 valence electrons. The van der Waals surface area contributed by atoms with Crippen LogP contribution in [0.4, 0.5) is 0 Å². The predicted molar refractivity (Wildman–Crippen MR) is 97.3 cm³/mol. The number of aromatic nitrogens is 3. The number of fused-ring (bicyclic) bond motifs is 1. The quantitative estimate of drug-likeness (QED) is 0.856. The van der Waals surface area contributed by atoms with Crippen LogP contribution in [0.2, 0.25) is 0 Å². The molecule has 1 aliphatic heterocycles. The van der Waals surface area contributed by atoms with Crippen LogP contribution in [0.5, 0.6) is 0 Å². The summed E-state index contributed by atoms with van der Waals surface area (Å²) >= 11 is 0. The summed E-state index contributed by atoms with van der Waals surface area (Å²) in [5, 5.41) is 4.35. The van der Waals surface area contributed by atoms with Crippen LogP contribution in [0.25, 0.3) is 5.65 Å². The Bertz CT molecular complexity index is 715. The van der Waals surface area contributed by atoms with Gasteiger partial charge in [0.05, 0.1) is 6.20 Å². The van der Waals surface area contributed by atoms with Crippen LogP contribution < -0.4 is 5.73 Å². The van der Waals surface area contributed by atoms with Gasteiger partial charge in [0.2, 0.25) is 0 Å². The first-order valence-corrected chi connectivity index (χ1v) is 9.20. The number of nitrogens with two attached hydrogens (primary N) is 1. The zero-order chi connectivity index (χ0) is 17.8. The molecule has 0 spiro atoms. The molecule has 7 heteroatoms. The monoisotopic (exact) mass is 344 g/mol. The van der Waals surface area contributed by atoms with E-state index in [2.05, 4.69) is 28.8 Å². The van der Waals surface area contributed by atoms with Crippen molar-refractivity contribution in [1.82, 2.24) is 24.4 Å². The molecular formula is C18H28N6O. The molecule has 0 radical (unpaired) electrons. The highest BCUT2D eigenvalue weighted by Gasteiger charge is 2.25. The van der Waals surface area contributed by atoms with Crippen molar-refractivity contribution in [3.05, 3.63) is 29.7 Å². The predicted octanol–water partition coefficient (Wildman–Crippen LogP) is 1.38. The summed E-state index contributed by atoms with van der Waals surface area (Å²) in [6.07, 6.45) is 7.41. The van der Waals surface area contributed by atoms with Crippen molar-refractivity contribution in [2.75, 3.05) is 32.7 Å². The second kappa shape index (κ2) is 7.93. The van der Waals surface area contributed by atoms with E-state index in [4.69, 9.17) is 5.73 Å². The fourth-order valence-electron chi connectivity index (χ4n) is 3.39. The lowest BCUT2D eigenvalue weighted by Crippen LogP contribution is -2.40. The minimum atomic E-state index is 0.0227. The average molecular weight is 344 g/mol. The highest BCUT2D eigenvalue weighted by Crippen LogP contribution is 2.19. The van der Waals surface area contributed by atoms with Crippen molar-refractivity contribution >= 4 is 11.6 Å². The molecule has 2 N–H and O–H groups in total. The first-order chi connectivity index (χ1) is 12.2. The molecule has 3 rings (SSSR count). The SMILES string of the molecule is CCN(CC)Cc1cnc2c(C(=O)N3CCC(CN)CC3)cnn2c1. The van der Waals surface area contributed by atoms with Crippen molar-refractivity contribution in [3.63, 3.8) is 0 Å². The standard InChI is InChI=1S/C18H28N6O/c1-3-22(4-2)12-15-10-20-17-16(11-21-24(17)13-15)18(25)23-7-5-14(9-19)6-8-23/h10-11,13-14H,3-9,12,19H2,1-2H3. The molecule has 1 amide bonds. The number of rotatable bonds is 6. The maximum absolute atomic E-state index is 12.8. The summed E-state index contributed by atoms with van der Waals surface area (Å²) in [5.74, 6) is 0.559. The van der Waals surface area contributed by atoms with Gasteiger partial charge in [0.15, 0.2) is 5.65 Å². The summed E-state index contributed by atoms with van der Waals surface area (Å²) in [6, 6.07) is 0. The Labute approximate surface area is 148 Å². The van der Waals surface area contributed by atoms with Crippen LogP contribution >= 0.6 is 0 Å². The van der Waals surface area contributed by atoms with Crippen molar-refractivity contribution in [3.8, 4) is 0 Å². The Morgan fingerprint density at radius 1 is 1.28 bits per heavy atom. The molecule has 0 bridgehead atoms. The Balaban J connectivity index is 1.75. The van der Waals surface area contributed by atoms with Gasteiger partial charge in [0.25, 0.3) is 5.91 Å². The van der Waals surface area contributed by atoms with Crippen LogP contribution in [0.1, 0.15) is 42.6 Å². The number of hydrogen-bond acceptors (Lipinski definition) is 5. The van der Waals surface area contributed by atoms with Gasteiger partial charge in [-0.1, -0.05) is 13.8 Å². The summed E-state index contributed by atoms with van der Waals surface area (Å²) in [4.78, 5) is 21.6. The minimum Gasteiger partial charge on any atom is -0.338 e. The number of carbonyl (C=O) groups excluding carboxylic acids is 1. The van der Waals surface area contributed by atoms with Crippen LogP contribution in [0.15, 0.2) is 18.6 Å². The fraction of sp³-hybridized carbons (Fsp3) is 0.611. The number of amides is 1. The molecule has 1 fully saturated rings. The lowest BCUT2D eigenvalue weighted by atomic mass is 9.97. The summed E-state index contributed by atoms with van der Waals surface area (Å²) in [5.41, 5.74) is 8.05. The highest BCUT2D eigenvalue weighted by atomic mass is 16.2. The number of carbonyl (C=O) groups is 1. The van der Waals surface area contributed by atoms with Crippen molar-refractivity contribution in [2.45, 2.75) is 33.2 Å². The molecule has 2 aromatic rings. The first kappa shape index (κ1) is 17.8. The molecule has 7 nitrogen and oxygen atoms in total.